The Morgan fingerprint density at radius 3 is 1.73 bits per heavy atom. The average molecular weight is 546 g/mol. The largest absolute Gasteiger partial charge is 0.338 e. The molecule has 2 saturated heterocycles. The number of rotatable bonds is 5. The van der Waals surface area contributed by atoms with E-state index >= 15 is 0 Å². The predicted molar refractivity (Wildman–Crippen MR) is 160 cm³/mol. The van der Waals surface area contributed by atoms with Crippen LogP contribution < -0.4 is 0 Å². The molecule has 2 aliphatic heterocycles. The first-order chi connectivity index (χ1) is 20.0. The van der Waals surface area contributed by atoms with E-state index in [9.17, 15) is 9.59 Å². The molecular formula is C34H35N5O2. The SMILES string of the molecule is Cc1ccc(C(=O)N2CCC(N3CCN(C(=O)c4cc(-c5ccccc5)nc(-c5ccccc5)c4)CC3)CC2)cn1. The number of carbonyl (C=O) groups is 2. The van der Waals surface area contributed by atoms with E-state index in [1.54, 1.807) is 6.20 Å². The molecule has 0 unspecified atom stereocenters. The van der Waals surface area contributed by atoms with Crippen molar-refractivity contribution in [3.8, 4) is 22.5 Å². The van der Waals surface area contributed by atoms with Gasteiger partial charge in [0.25, 0.3) is 11.8 Å². The summed E-state index contributed by atoms with van der Waals surface area (Å²) in [4.78, 5) is 42.2. The molecule has 2 amide bonds. The Kier molecular flexibility index (Phi) is 7.87. The minimum Gasteiger partial charge on any atom is -0.338 e. The van der Waals surface area contributed by atoms with Gasteiger partial charge in [0.05, 0.1) is 17.0 Å². The molecule has 2 aromatic heterocycles. The lowest BCUT2D eigenvalue weighted by Gasteiger charge is -2.42. The van der Waals surface area contributed by atoms with Crippen LogP contribution in [0.25, 0.3) is 22.5 Å². The minimum atomic E-state index is 0.0496. The van der Waals surface area contributed by atoms with Crippen molar-refractivity contribution in [1.29, 1.82) is 0 Å². The second kappa shape index (κ2) is 12.0. The molecule has 4 heterocycles. The second-order valence-corrected chi connectivity index (χ2v) is 10.9. The molecule has 4 aromatic rings. The van der Waals surface area contributed by atoms with Gasteiger partial charge in [-0.05, 0) is 44.0 Å². The molecule has 0 N–H and O–H groups in total. The molecular weight excluding hydrogens is 510 g/mol. The van der Waals surface area contributed by atoms with Crippen LogP contribution in [0.15, 0.2) is 91.1 Å². The molecule has 7 heteroatoms. The van der Waals surface area contributed by atoms with E-state index in [-0.39, 0.29) is 11.8 Å². The molecule has 0 radical (unpaired) electrons. The molecule has 0 bridgehead atoms. The smallest absolute Gasteiger partial charge is 0.255 e. The van der Waals surface area contributed by atoms with E-state index in [1.807, 2.05) is 102 Å². The number of piperazine rings is 1. The van der Waals surface area contributed by atoms with Crippen LogP contribution >= 0.6 is 0 Å². The van der Waals surface area contributed by atoms with E-state index < -0.39 is 0 Å². The lowest BCUT2D eigenvalue weighted by molar-refractivity contribution is 0.0412. The zero-order chi connectivity index (χ0) is 28.2. The van der Waals surface area contributed by atoms with Crippen LogP contribution in [0.2, 0.25) is 0 Å². The molecule has 6 rings (SSSR count). The third-order valence-electron chi connectivity index (χ3n) is 8.24. The number of aromatic nitrogens is 2. The van der Waals surface area contributed by atoms with E-state index in [2.05, 4.69) is 9.88 Å². The number of piperidine rings is 1. The van der Waals surface area contributed by atoms with Gasteiger partial charge in [0.1, 0.15) is 0 Å². The van der Waals surface area contributed by atoms with Gasteiger partial charge in [-0.15, -0.1) is 0 Å². The Morgan fingerprint density at radius 1 is 0.659 bits per heavy atom. The van der Waals surface area contributed by atoms with E-state index in [0.29, 0.717) is 30.3 Å². The first kappa shape index (κ1) is 26.8. The van der Waals surface area contributed by atoms with Crippen molar-refractivity contribution in [3.05, 3.63) is 108 Å². The molecule has 0 aliphatic carbocycles. The highest BCUT2D eigenvalue weighted by atomic mass is 16.2. The number of carbonyl (C=O) groups excluding carboxylic acids is 2. The Balaban J connectivity index is 1.10. The van der Waals surface area contributed by atoms with Crippen LogP contribution in [0.4, 0.5) is 0 Å². The van der Waals surface area contributed by atoms with Crippen molar-refractivity contribution in [3.63, 3.8) is 0 Å². The predicted octanol–water partition coefficient (Wildman–Crippen LogP) is 5.18. The maximum Gasteiger partial charge on any atom is 0.255 e. The summed E-state index contributed by atoms with van der Waals surface area (Å²) in [5, 5.41) is 0. The summed E-state index contributed by atoms with van der Waals surface area (Å²) in [7, 11) is 0. The van der Waals surface area contributed by atoms with Gasteiger partial charge in [-0.3, -0.25) is 19.5 Å². The molecule has 7 nitrogen and oxygen atoms in total. The van der Waals surface area contributed by atoms with Crippen LogP contribution in [0.3, 0.4) is 0 Å². The number of nitrogens with zero attached hydrogens (tertiary/aromatic N) is 5. The fourth-order valence-electron chi connectivity index (χ4n) is 5.85. The lowest BCUT2D eigenvalue weighted by atomic mass is 10.0. The van der Waals surface area contributed by atoms with Crippen molar-refractivity contribution in [2.24, 2.45) is 0 Å². The zero-order valence-electron chi connectivity index (χ0n) is 23.4. The third-order valence-corrected chi connectivity index (χ3v) is 8.24. The van der Waals surface area contributed by atoms with Gasteiger partial charge in [0, 0.05) is 73.9 Å². The Bertz CT molecular complexity index is 1430. The van der Waals surface area contributed by atoms with Crippen LogP contribution in [0, 0.1) is 6.92 Å². The number of benzene rings is 2. The summed E-state index contributed by atoms with van der Waals surface area (Å²) in [6.45, 7) is 6.49. The minimum absolute atomic E-state index is 0.0496. The first-order valence-corrected chi connectivity index (χ1v) is 14.4. The molecule has 2 aromatic carbocycles. The third kappa shape index (κ3) is 6.05. The Labute approximate surface area is 241 Å². The maximum atomic E-state index is 13.8. The number of aryl methyl sites for hydroxylation is 1. The standard InChI is InChI=1S/C34H35N5O2/c1-25-12-13-28(24-35-25)33(40)38-16-14-30(15-17-38)37-18-20-39(21-19-37)34(41)29-22-31(26-8-4-2-5-9-26)36-32(23-29)27-10-6-3-7-11-27/h2-13,22-24,30H,14-21H2,1H3. The summed E-state index contributed by atoms with van der Waals surface area (Å²) in [5.41, 5.74) is 5.83. The fourth-order valence-corrected chi connectivity index (χ4v) is 5.85. The number of hydrogen-bond donors (Lipinski definition) is 0. The molecule has 41 heavy (non-hydrogen) atoms. The summed E-state index contributed by atoms with van der Waals surface area (Å²) < 4.78 is 0. The molecule has 2 fully saturated rings. The van der Waals surface area contributed by atoms with Gasteiger partial charge >= 0.3 is 0 Å². The van der Waals surface area contributed by atoms with E-state index in [1.165, 1.54) is 0 Å². The van der Waals surface area contributed by atoms with Crippen molar-refractivity contribution in [1.82, 2.24) is 24.7 Å². The van der Waals surface area contributed by atoms with Crippen molar-refractivity contribution in [2.45, 2.75) is 25.8 Å². The molecule has 208 valence electrons. The summed E-state index contributed by atoms with van der Waals surface area (Å²) >= 11 is 0. The Hall–Kier alpha value is -4.36. The van der Waals surface area contributed by atoms with Crippen LogP contribution in [-0.4, -0.2) is 81.8 Å². The van der Waals surface area contributed by atoms with Gasteiger partial charge in [-0.25, -0.2) is 4.98 Å². The van der Waals surface area contributed by atoms with Gasteiger partial charge in [-0.1, -0.05) is 60.7 Å². The highest BCUT2D eigenvalue weighted by Gasteiger charge is 2.31. The fraction of sp³-hybridized carbons (Fsp3) is 0.294. The number of pyridine rings is 2. The quantitative estimate of drug-likeness (QED) is 0.346. The number of likely N-dealkylation sites (tertiary alicyclic amines) is 1. The van der Waals surface area contributed by atoms with Gasteiger partial charge in [-0.2, -0.15) is 0 Å². The highest BCUT2D eigenvalue weighted by molar-refractivity contribution is 5.96. The Morgan fingerprint density at radius 2 is 1.20 bits per heavy atom. The summed E-state index contributed by atoms with van der Waals surface area (Å²) in [6, 6.07) is 28.1. The van der Waals surface area contributed by atoms with Crippen molar-refractivity contribution in [2.75, 3.05) is 39.3 Å². The van der Waals surface area contributed by atoms with Crippen LogP contribution in [0.1, 0.15) is 39.3 Å². The maximum absolute atomic E-state index is 13.8. The average Bonchev–Trinajstić information content (AvgIpc) is 3.05. The lowest BCUT2D eigenvalue weighted by Crippen LogP contribution is -2.54. The van der Waals surface area contributed by atoms with Crippen molar-refractivity contribution < 1.29 is 9.59 Å². The molecule has 0 saturated carbocycles. The van der Waals surface area contributed by atoms with Crippen LogP contribution in [-0.2, 0) is 0 Å². The van der Waals surface area contributed by atoms with Gasteiger partial charge in [0.2, 0.25) is 0 Å². The molecule has 0 spiro atoms. The topological polar surface area (TPSA) is 69.6 Å². The first-order valence-electron chi connectivity index (χ1n) is 14.4. The second-order valence-electron chi connectivity index (χ2n) is 10.9. The van der Waals surface area contributed by atoms with Crippen LogP contribution in [0.5, 0.6) is 0 Å². The molecule has 2 aliphatic rings. The van der Waals surface area contributed by atoms with E-state index in [0.717, 1.165) is 67.2 Å². The van der Waals surface area contributed by atoms with Gasteiger partial charge in [0.15, 0.2) is 0 Å². The van der Waals surface area contributed by atoms with E-state index in [4.69, 9.17) is 4.98 Å². The highest BCUT2D eigenvalue weighted by Crippen LogP contribution is 2.26. The molecule has 0 atom stereocenters. The summed E-state index contributed by atoms with van der Waals surface area (Å²) in [6.07, 6.45) is 3.57. The number of amides is 2. The normalized spacial score (nSPS) is 16.5. The van der Waals surface area contributed by atoms with Crippen molar-refractivity contribution >= 4 is 11.8 Å². The number of hydrogen-bond acceptors (Lipinski definition) is 5. The van der Waals surface area contributed by atoms with Gasteiger partial charge < -0.3 is 9.80 Å². The zero-order valence-corrected chi connectivity index (χ0v) is 23.4. The monoisotopic (exact) mass is 545 g/mol. The summed E-state index contributed by atoms with van der Waals surface area (Å²) in [5.74, 6) is 0.113.